The second-order valence-electron chi connectivity index (χ2n) is 7.87. The zero-order valence-electron chi connectivity index (χ0n) is 17.1. The van der Waals surface area contributed by atoms with Crippen LogP contribution in [0, 0.1) is 18.8 Å². The molecule has 1 aromatic heterocycles. The molecule has 6 nitrogen and oxygen atoms in total. The Bertz CT molecular complexity index is 969. The largest absolute Gasteiger partial charge is 0.354 e. The first kappa shape index (κ1) is 20.5. The van der Waals surface area contributed by atoms with Crippen LogP contribution in [-0.4, -0.2) is 40.2 Å². The van der Waals surface area contributed by atoms with Crippen molar-refractivity contribution in [3.05, 3.63) is 52.4 Å². The van der Waals surface area contributed by atoms with Crippen LogP contribution < -0.4 is 5.32 Å². The minimum Gasteiger partial charge on any atom is -0.354 e. The van der Waals surface area contributed by atoms with Gasteiger partial charge in [-0.3, -0.25) is 19.3 Å². The second kappa shape index (κ2) is 8.52. The number of nitrogens with one attached hydrogen (secondary N) is 1. The van der Waals surface area contributed by atoms with Crippen LogP contribution in [0.5, 0.6) is 0 Å². The average Bonchev–Trinajstić information content (AvgIpc) is 3.30. The minimum atomic E-state index is -0.786. The third kappa shape index (κ3) is 3.94. The minimum absolute atomic E-state index is 0.218. The molecule has 0 saturated carbocycles. The molecule has 2 aromatic rings. The molecule has 1 aliphatic heterocycles. The van der Waals surface area contributed by atoms with Gasteiger partial charge in [0.2, 0.25) is 17.7 Å². The van der Waals surface area contributed by atoms with Crippen molar-refractivity contribution >= 4 is 29.1 Å². The molecule has 30 heavy (non-hydrogen) atoms. The smallest absolute Gasteiger partial charge is 0.243 e. The van der Waals surface area contributed by atoms with Crippen LogP contribution in [0.2, 0.25) is 0 Å². The Labute approximate surface area is 180 Å². The number of thiazole rings is 1. The van der Waals surface area contributed by atoms with Gasteiger partial charge in [-0.15, -0.1) is 11.3 Å². The van der Waals surface area contributed by atoms with Crippen molar-refractivity contribution in [3.63, 3.8) is 0 Å². The van der Waals surface area contributed by atoms with Gasteiger partial charge >= 0.3 is 0 Å². The van der Waals surface area contributed by atoms with E-state index in [0.717, 1.165) is 21.8 Å². The Hall–Kier alpha value is -2.80. The van der Waals surface area contributed by atoms with Crippen LogP contribution in [0.15, 0.2) is 41.8 Å². The van der Waals surface area contributed by atoms with E-state index in [1.807, 2.05) is 48.7 Å². The van der Waals surface area contributed by atoms with E-state index < -0.39 is 6.04 Å². The van der Waals surface area contributed by atoms with Gasteiger partial charge in [0.25, 0.3) is 0 Å². The second-order valence-corrected chi connectivity index (χ2v) is 8.93. The molecule has 1 aliphatic carbocycles. The fourth-order valence-electron chi connectivity index (χ4n) is 4.14. The lowest BCUT2D eigenvalue weighted by molar-refractivity contribution is -0.147. The highest BCUT2D eigenvalue weighted by Gasteiger charge is 2.49. The first-order valence-corrected chi connectivity index (χ1v) is 11.1. The van der Waals surface area contributed by atoms with Gasteiger partial charge in [0.15, 0.2) is 0 Å². The fraction of sp³-hybridized carbons (Fsp3) is 0.391. The van der Waals surface area contributed by atoms with Crippen LogP contribution >= 0.6 is 11.3 Å². The summed E-state index contributed by atoms with van der Waals surface area (Å²) in [5.74, 6) is -1.34. The number of imide groups is 1. The molecule has 2 aliphatic rings. The number of carbonyl (C=O) groups is 3. The van der Waals surface area contributed by atoms with E-state index in [4.69, 9.17) is 0 Å². The summed E-state index contributed by atoms with van der Waals surface area (Å²) < 4.78 is 0. The number of fused-ring (bicyclic) bond motifs is 1. The molecule has 0 spiro atoms. The number of hydrogen-bond donors (Lipinski definition) is 1. The highest BCUT2D eigenvalue weighted by atomic mass is 32.1. The Kier molecular flexibility index (Phi) is 5.81. The summed E-state index contributed by atoms with van der Waals surface area (Å²) in [4.78, 5) is 43.5. The number of carbonyl (C=O) groups excluding carboxylic acids is 3. The monoisotopic (exact) mass is 423 g/mol. The molecular formula is C23H25N3O3S. The predicted octanol–water partition coefficient (Wildman–Crippen LogP) is 3.12. The maximum atomic E-state index is 12.6. The van der Waals surface area contributed by atoms with E-state index in [-0.39, 0.29) is 29.6 Å². The lowest BCUT2D eigenvalue weighted by Crippen LogP contribution is -2.48. The number of benzene rings is 1. The maximum Gasteiger partial charge on any atom is 0.243 e. The van der Waals surface area contributed by atoms with Crippen LogP contribution in [0.3, 0.4) is 0 Å². The van der Waals surface area contributed by atoms with Crippen molar-refractivity contribution in [2.24, 2.45) is 11.8 Å². The topological polar surface area (TPSA) is 79.4 Å². The molecule has 3 unspecified atom stereocenters. The van der Waals surface area contributed by atoms with Crippen LogP contribution in [0.25, 0.3) is 11.3 Å². The van der Waals surface area contributed by atoms with Crippen molar-refractivity contribution in [2.45, 2.75) is 39.2 Å². The first-order valence-electron chi connectivity index (χ1n) is 10.3. The highest BCUT2D eigenvalue weighted by molar-refractivity contribution is 7.09. The zero-order valence-corrected chi connectivity index (χ0v) is 17.9. The highest BCUT2D eigenvalue weighted by Crippen LogP contribution is 2.36. The fourth-order valence-corrected chi connectivity index (χ4v) is 4.76. The lowest BCUT2D eigenvalue weighted by Gasteiger charge is -2.22. The van der Waals surface area contributed by atoms with Gasteiger partial charge in [0.05, 0.1) is 22.5 Å². The van der Waals surface area contributed by atoms with Crippen LogP contribution in [0.4, 0.5) is 0 Å². The normalized spacial score (nSPS) is 21.6. The molecule has 1 saturated heterocycles. The van der Waals surface area contributed by atoms with Gasteiger partial charge < -0.3 is 5.32 Å². The summed E-state index contributed by atoms with van der Waals surface area (Å²) in [5.41, 5.74) is 3.15. The zero-order chi connectivity index (χ0) is 21.3. The van der Waals surface area contributed by atoms with Crippen molar-refractivity contribution < 1.29 is 14.4 Å². The van der Waals surface area contributed by atoms with Gasteiger partial charge in [-0.05, 0) is 38.7 Å². The third-order valence-electron chi connectivity index (χ3n) is 5.89. The van der Waals surface area contributed by atoms with Gasteiger partial charge in [0.1, 0.15) is 6.04 Å². The van der Waals surface area contributed by atoms with E-state index in [2.05, 4.69) is 10.3 Å². The van der Waals surface area contributed by atoms with E-state index >= 15 is 0 Å². The Morgan fingerprint density at radius 3 is 2.37 bits per heavy atom. The third-order valence-corrected chi connectivity index (χ3v) is 6.66. The number of amides is 3. The standard InChI is InChI=1S/C23H25N3O3S/c1-14(26-22(28)18-5-3-4-6-19(18)23(26)29)21(27)24-12-11-16-7-9-17(10-8-16)20-13-30-15(2)25-20/h3-4,7-10,13-14,18-19H,5-6,11-12H2,1-2H3,(H,24,27). The number of nitrogens with zero attached hydrogens (tertiary/aromatic N) is 2. The maximum absolute atomic E-state index is 12.6. The van der Waals surface area contributed by atoms with E-state index in [9.17, 15) is 14.4 Å². The molecule has 7 heteroatoms. The Morgan fingerprint density at radius 2 is 1.80 bits per heavy atom. The number of likely N-dealkylation sites (tertiary alicyclic amines) is 1. The molecule has 3 atom stereocenters. The number of rotatable bonds is 6. The molecule has 1 N–H and O–H groups in total. The predicted molar refractivity (Wildman–Crippen MR) is 116 cm³/mol. The number of hydrogen-bond acceptors (Lipinski definition) is 5. The SMILES string of the molecule is Cc1nc(-c2ccc(CCNC(=O)C(C)N3C(=O)C4CC=CCC4C3=O)cc2)cs1. The van der Waals surface area contributed by atoms with Gasteiger partial charge in [-0.1, -0.05) is 36.4 Å². The quantitative estimate of drug-likeness (QED) is 0.572. The lowest BCUT2D eigenvalue weighted by atomic mass is 9.85. The van der Waals surface area contributed by atoms with Crippen LogP contribution in [0.1, 0.15) is 30.3 Å². The molecule has 156 valence electrons. The summed E-state index contributed by atoms with van der Waals surface area (Å²) in [7, 11) is 0. The van der Waals surface area contributed by atoms with Crippen molar-refractivity contribution in [1.82, 2.24) is 15.2 Å². The Morgan fingerprint density at radius 1 is 1.17 bits per heavy atom. The molecule has 1 fully saturated rings. The molecule has 2 heterocycles. The van der Waals surface area contributed by atoms with Crippen molar-refractivity contribution in [3.8, 4) is 11.3 Å². The van der Waals surface area contributed by atoms with Gasteiger partial charge in [-0.25, -0.2) is 4.98 Å². The molecule has 0 bridgehead atoms. The first-order chi connectivity index (χ1) is 14.5. The van der Waals surface area contributed by atoms with E-state index in [1.54, 1.807) is 18.3 Å². The number of aromatic nitrogens is 1. The molecule has 3 amide bonds. The summed E-state index contributed by atoms with van der Waals surface area (Å²) in [6.45, 7) is 4.06. The molecule has 0 radical (unpaired) electrons. The summed E-state index contributed by atoms with van der Waals surface area (Å²) >= 11 is 1.63. The van der Waals surface area contributed by atoms with Gasteiger partial charge in [0, 0.05) is 17.5 Å². The van der Waals surface area contributed by atoms with E-state index in [0.29, 0.717) is 25.8 Å². The van der Waals surface area contributed by atoms with E-state index in [1.165, 1.54) is 4.90 Å². The molecular weight excluding hydrogens is 398 g/mol. The summed E-state index contributed by atoms with van der Waals surface area (Å²) in [5, 5.41) is 5.95. The molecule has 4 rings (SSSR count). The van der Waals surface area contributed by atoms with Crippen LogP contribution in [-0.2, 0) is 20.8 Å². The number of aryl methyl sites for hydroxylation is 1. The summed E-state index contributed by atoms with van der Waals surface area (Å²) in [6, 6.07) is 7.35. The van der Waals surface area contributed by atoms with Crippen molar-refractivity contribution in [1.29, 1.82) is 0 Å². The van der Waals surface area contributed by atoms with Crippen molar-refractivity contribution in [2.75, 3.05) is 6.54 Å². The average molecular weight is 424 g/mol. The number of allylic oxidation sites excluding steroid dienone is 2. The Balaban J connectivity index is 1.30. The van der Waals surface area contributed by atoms with Gasteiger partial charge in [-0.2, -0.15) is 0 Å². The summed E-state index contributed by atoms with van der Waals surface area (Å²) in [6.07, 6.45) is 5.72. The molecule has 1 aromatic carbocycles.